The lowest BCUT2D eigenvalue weighted by Crippen LogP contribution is -2.12. The molecule has 0 saturated heterocycles. The molecule has 2 nitrogen and oxygen atoms in total. The van der Waals surface area contributed by atoms with Crippen molar-refractivity contribution in [3.63, 3.8) is 0 Å². The second-order valence-corrected chi connectivity index (χ2v) is 3.91. The maximum absolute atomic E-state index is 8.70. The minimum atomic E-state index is -0.000540. The molecule has 0 aliphatic rings. The Balaban J connectivity index is 0.00000196. The van der Waals surface area contributed by atoms with Crippen LogP contribution in [-0.4, -0.2) is 11.7 Å². The van der Waals surface area contributed by atoms with E-state index in [0.29, 0.717) is 0 Å². The highest BCUT2D eigenvalue weighted by Gasteiger charge is 2.08. The zero-order valence-corrected chi connectivity index (χ0v) is 10.3. The van der Waals surface area contributed by atoms with Crippen LogP contribution in [0.3, 0.4) is 0 Å². The van der Waals surface area contributed by atoms with Crippen molar-refractivity contribution >= 4 is 24.0 Å². The molecule has 1 rings (SSSR count). The molecule has 0 saturated carbocycles. The van der Waals surface area contributed by atoms with E-state index in [0.717, 1.165) is 29.0 Å². The molecule has 86 valence electrons. The Bertz CT molecular complexity index is 305. The van der Waals surface area contributed by atoms with E-state index < -0.39 is 0 Å². The molecule has 3 N–H and O–H groups in total. The van der Waals surface area contributed by atoms with E-state index in [4.69, 9.17) is 22.4 Å². The first-order chi connectivity index (χ1) is 6.65. The maximum atomic E-state index is 8.70. The number of rotatable bonds is 4. The fourth-order valence-electron chi connectivity index (χ4n) is 1.52. The summed E-state index contributed by atoms with van der Waals surface area (Å²) in [6.45, 7) is 2.19. The summed E-state index contributed by atoms with van der Waals surface area (Å²) < 4.78 is 0. The number of aliphatic hydroxyl groups excluding tert-OH is 1. The first kappa shape index (κ1) is 14.7. The molecular weight excluding hydrogens is 233 g/mol. The van der Waals surface area contributed by atoms with Crippen LogP contribution < -0.4 is 5.73 Å². The van der Waals surface area contributed by atoms with Crippen LogP contribution >= 0.6 is 24.0 Å². The fraction of sp³-hybridized carbons (Fsp3) is 0.455. The van der Waals surface area contributed by atoms with Gasteiger partial charge in [-0.2, -0.15) is 0 Å². The third-order valence-electron chi connectivity index (χ3n) is 2.30. The predicted molar refractivity (Wildman–Crippen MR) is 66.7 cm³/mol. The fourth-order valence-corrected chi connectivity index (χ4v) is 1.75. The lowest BCUT2D eigenvalue weighted by molar-refractivity contribution is 0.280. The quantitative estimate of drug-likeness (QED) is 0.863. The zero-order valence-electron chi connectivity index (χ0n) is 8.74. The van der Waals surface area contributed by atoms with Crippen LogP contribution in [0.15, 0.2) is 18.2 Å². The summed E-state index contributed by atoms with van der Waals surface area (Å²) in [4.78, 5) is 0. The standard InChI is InChI=1S/C11H16ClNO.ClH/c1-8-7-9(12)4-5-10(8)11(13)3-2-6-14;/h4-5,7,11,14H,2-3,6,13H2,1H3;1H/t11-;/m0./s1. The molecule has 0 unspecified atom stereocenters. The highest BCUT2D eigenvalue weighted by atomic mass is 35.5. The highest BCUT2D eigenvalue weighted by molar-refractivity contribution is 6.30. The van der Waals surface area contributed by atoms with Gasteiger partial charge in [0.1, 0.15) is 0 Å². The highest BCUT2D eigenvalue weighted by Crippen LogP contribution is 2.22. The number of halogens is 2. The van der Waals surface area contributed by atoms with Crippen LogP contribution in [0.25, 0.3) is 0 Å². The predicted octanol–water partition coefficient (Wildman–Crippen LogP) is 2.84. The molecule has 0 aliphatic carbocycles. The summed E-state index contributed by atoms with van der Waals surface area (Å²) in [5, 5.41) is 9.44. The zero-order chi connectivity index (χ0) is 10.6. The van der Waals surface area contributed by atoms with Crippen LogP contribution in [0.2, 0.25) is 5.02 Å². The molecule has 1 aromatic carbocycles. The molecule has 0 heterocycles. The third-order valence-corrected chi connectivity index (χ3v) is 2.54. The molecule has 0 fully saturated rings. The summed E-state index contributed by atoms with van der Waals surface area (Å²) in [5.41, 5.74) is 8.21. The van der Waals surface area contributed by atoms with Gasteiger partial charge >= 0.3 is 0 Å². The summed E-state index contributed by atoms with van der Waals surface area (Å²) >= 11 is 5.85. The number of hydrogen-bond acceptors (Lipinski definition) is 2. The van der Waals surface area contributed by atoms with Gasteiger partial charge in [-0.3, -0.25) is 0 Å². The topological polar surface area (TPSA) is 46.2 Å². The summed E-state index contributed by atoms with van der Waals surface area (Å²) in [5.74, 6) is 0. The van der Waals surface area contributed by atoms with Crippen molar-refractivity contribution in [3.05, 3.63) is 34.3 Å². The molecular formula is C11H17Cl2NO. The van der Waals surface area contributed by atoms with Gasteiger partial charge in [-0.15, -0.1) is 12.4 Å². The molecule has 15 heavy (non-hydrogen) atoms. The van der Waals surface area contributed by atoms with Crippen molar-refractivity contribution in [1.29, 1.82) is 0 Å². The Hall–Kier alpha value is -0.280. The molecule has 0 amide bonds. The van der Waals surface area contributed by atoms with Crippen LogP contribution in [0, 0.1) is 6.92 Å². The Kier molecular flexibility index (Phi) is 6.94. The molecule has 0 spiro atoms. The first-order valence-corrected chi connectivity index (χ1v) is 5.15. The van der Waals surface area contributed by atoms with E-state index in [1.165, 1.54) is 0 Å². The number of nitrogens with two attached hydrogens (primary N) is 1. The minimum Gasteiger partial charge on any atom is -0.396 e. The molecule has 1 aromatic rings. The van der Waals surface area contributed by atoms with Crippen molar-refractivity contribution in [2.45, 2.75) is 25.8 Å². The van der Waals surface area contributed by atoms with Gasteiger partial charge in [0.05, 0.1) is 0 Å². The van der Waals surface area contributed by atoms with E-state index in [1.807, 2.05) is 25.1 Å². The summed E-state index contributed by atoms with van der Waals surface area (Å²) in [6.07, 6.45) is 1.54. The molecule has 0 radical (unpaired) electrons. The van der Waals surface area contributed by atoms with Crippen molar-refractivity contribution in [3.8, 4) is 0 Å². The van der Waals surface area contributed by atoms with Crippen LogP contribution in [0.5, 0.6) is 0 Å². The van der Waals surface area contributed by atoms with E-state index in [2.05, 4.69) is 0 Å². The average Bonchev–Trinajstić information content (AvgIpc) is 2.14. The molecule has 1 atom stereocenters. The molecule has 0 bridgehead atoms. The van der Waals surface area contributed by atoms with Gasteiger partial charge < -0.3 is 10.8 Å². The summed E-state index contributed by atoms with van der Waals surface area (Å²) in [7, 11) is 0. The van der Waals surface area contributed by atoms with Crippen molar-refractivity contribution < 1.29 is 5.11 Å². The van der Waals surface area contributed by atoms with Gasteiger partial charge in [0, 0.05) is 17.7 Å². The maximum Gasteiger partial charge on any atom is 0.0431 e. The van der Waals surface area contributed by atoms with E-state index in [1.54, 1.807) is 0 Å². The van der Waals surface area contributed by atoms with Crippen LogP contribution in [0.4, 0.5) is 0 Å². The number of aliphatic hydroxyl groups is 1. The Labute approximate surface area is 102 Å². The molecule has 0 aromatic heterocycles. The molecule has 4 heteroatoms. The second kappa shape index (κ2) is 7.07. The van der Waals surface area contributed by atoms with Gasteiger partial charge in [-0.1, -0.05) is 17.7 Å². The van der Waals surface area contributed by atoms with E-state index >= 15 is 0 Å². The molecule has 0 aliphatic heterocycles. The van der Waals surface area contributed by atoms with E-state index in [9.17, 15) is 0 Å². The van der Waals surface area contributed by atoms with Crippen molar-refractivity contribution in [2.75, 3.05) is 6.61 Å². The lowest BCUT2D eigenvalue weighted by Gasteiger charge is -2.14. The number of hydrogen-bond donors (Lipinski definition) is 2. The number of benzene rings is 1. The first-order valence-electron chi connectivity index (χ1n) is 4.77. The monoisotopic (exact) mass is 249 g/mol. The number of aryl methyl sites for hydroxylation is 1. The smallest absolute Gasteiger partial charge is 0.0431 e. The third kappa shape index (κ3) is 4.39. The van der Waals surface area contributed by atoms with Crippen molar-refractivity contribution in [2.24, 2.45) is 5.73 Å². The van der Waals surface area contributed by atoms with Gasteiger partial charge in [0.2, 0.25) is 0 Å². The van der Waals surface area contributed by atoms with Crippen LogP contribution in [0.1, 0.15) is 30.0 Å². The minimum absolute atomic E-state index is 0. The Morgan fingerprint density at radius 3 is 2.67 bits per heavy atom. The lowest BCUT2D eigenvalue weighted by atomic mass is 9.98. The van der Waals surface area contributed by atoms with Gasteiger partial charge in [-0.25, -0.2) is 0 Å². The van der Waals surface area contributed by atoms with Crippen molar-refractivity contribution in [1.82, 2.24) is 0 Å². The van der Waals surface area contributed by atoms with Crippen LogP contribution in [-0.2, 0) is 0 Å². The second-order valence-electron chi connectivity index (χ2n) is 3.47. The van der Waals surface area contributed by atoms with Gasteiger partial charge in [0.25, 0.3) is 0 Å². The SMILES string of the molecule is Cc1cc(Cl)ccc1[C@@H](N)CCCO.Cl. The Morgan fingerprint density at radius 1 is 1.47 bits per heavy atom. The normalized spacial score (nSPS) is 12.0. The average molecular weight is 250 g/mol. The largest absolute Gasteiger partial charge is 0.396 e. The van der Waals surface area contributed by atoms with E-state index in [-0.39, 0.29) is 25.1 Å². The Morgan fingerprint density at radius 2 is 2.13 bits per heavy atom. The summed E-state index contributed by atoms with van der Waals surface area (Å²) in [6, 6.07) is 5.72. The van der Waals surface area contributed by atoms with Gasteiger partial charge in [0.15, 0.2) is 0 Å². The van der Waals surface area contributed by atoms with Gasteiger partial charge in [-0.05, 0) is 43.0 Å².